The predicted molar refractivity (Wildman–Crippen MR) is 112 cm³/mol. The zero-order valence-electron chi connectivity index (χ0n) is 15.6. The van der Waals surface area contributed by atoms with Crippen LogP contribution in [0.4, 0.5) is 5.69 Å². The van der Waals surface area contributed by atoms with Gasteiger partial charge in [0, 0.05) is 54.8 Å². The first-order valence-electron chi connectivity index (χ1n) is 9.09. The molecule has 148 valence electrons. The smallest absolute Gasteiger partial charge is 0.269 e. The monoisotopic (exact) mass is 419 g/mol. The van der Waals surface area contributed by atoms with Crippen LogP contribution in [-0.2, 0) is 11.3 Å². The maximum atomic E-state index is 12.7. The van der Waals surface area contributed by atoms with Crippen molar-refractivity contribution in [3.05, 3.63) is 69.2 Å². The summed E-state index contributed by atoms with van der Waals surface area (Å²) >= 11 is 7.44. The summed E-state index contributed by atoms with van der Waals surface area (Å²) in [7, 11) is 0. The molecule has 6 nitrogen and oxygen atoms in total. The number of hydrogen-bond donors (Lipinski definition) is 0. The molecule has 2 aromatic rings. The first-order chi connectivity index (χ1) is 13.4. The largest absolute Gasteiger partial charge is 0.339 e. The van der Waals surface area contributed by atoms with Gasteiger partial charge >= 0.3 is 0 Å². The van der Waals surface area contributed by atoms with Crippen LogP contribution in [0.2, 0.25) is 5.02 Å². The predicted octanol–water partition coefficient (Wildman–Crippen LogP) is 4.07. The summed E-state index contributed by atoms with van der Waals surface area (Å²) in [5.41, 5.74) is 1.03. The fraction of sp³-hybridized carbons (Fsp3) is 0.350. The minimum absolute atomic E-state index is 0.111. The van der Waals surface area contributed by atoms with E-state index in [1.807, 2.05) is 42.2 Å². The van der Waals surface area contributed by atoms with Crippen LogP contribution in [0.1, 0.15) is 12.5 Å². The zero-order valence-corrected chi connectivity index (χ0v) is 17.2. The maximum Gasteiger partial charge on any atom is 0.269 e. The van der Waals surface area contributed by atoms with Gasteiger partial charge in [0.1, 0.15) is 0 Å². The van der Waals surface area contributed by atoms with Crippen molar-refractivity contribution < 1.29 is 9.72 Å². The van der Waals surface area contributed by atoms with E-state index in [-0.39, 0.29) is 21.8 Å². The van der Waals surface area contributed by atoms with Crippen LogP contribution in [0.5, 0.6) is 0 Å². The van der Waals surface area contributed by atoms with Gasteiger partial charge in [0.05, 0.1) is 10.2 Å². The number of thioether (sulfide) groups is 1. The molecule has 0 saturated carbocycles. The van der Waals surface area contributed by atoms with Gasteiger partial charge in [0.15, 0.2) is 0 Å². The van der Waals surface area contributed by atoms with Gasteiger partial charge < -0.3 is 4.90 Å². The Labute approximate surface area is 173 Å². The SMILES string of the molecule is CC(Sc1ccc(Cl)cc1)C(=O)N1CCN(Cc2cccc([N+](=O)[O-])c2)CC1. The number of piperazine rings is 1. The number of nitro groups is 1. The molecule has 0 radical (unpaired) electrons. The van der Waals surface area contributed by atoms with E-state index in [4.69, 9.17) is 11.6 Å². The molecule has 1 fully saturated rings. The van der Waals surface area contributed by atoms with Crippen LogP contribution < -0.4 is 0 Å². The number of nitro benzene ring substituents is 1. The van der Waals surface area contributed by atoms with Crippen molar-refractivity contribution in [2.24, 2.45) is 0 Å². The second-order valence-corrected chi connectivity index (χ2v) is 8.59. The van der Waals surface area contributed by atoms with Crippen molar-refractivity contribution in [3.63, 3.8) is 0 Å². The Bertz CT molecular complexity index is 839. The molecule has 1 heterocycles. The van der Waals surface area contributed by atoms with Crippen LogP contribution in [0.15, 0.2) is 53.4 Å². The molecular weight excluding hydrogens is 398 g/mol. The molecule has 1 unspecified atom stereocenters. The third kappa shape index (κ3) is 5.47. The van der Waals surface area contributed by atoms with Crippen molar-refractivity contribution in [1.29, 1.82) is 0 Å². The topological polar surface area (TPSA) is 66.7 Å². The number of carbonyl (C=O) groups excluding carboxylic acids is 1. The first-order valence-corrected chi connectivity index (χ1v) is 10.3. The van der Waals surface area contributed by atoms with E-state index in [9.17, 15) is 14.9 Å². The summed E-state index contributed by atoms with van der Waals surface area (Å²) in [4.78, 5) is 28.4. The van der Waals surface area contributed by atoms with Gasteiger partial charge in [-0.15, -0.1) is 11.8 Å². The molecule has 8 heteroatoms. The number of hydrogen-bond acceptors (Lipinski definition) is 5. The molecule has 3 rings (SSSR count). The lowest BCUT2D eigenvalue weighted by atomic mass is 10.1. The fourth-order valence-electron chi connectivity index (χ4n) is 3.18. The van der Waals surface area contributed by atoms with Crippen molar-refractivity contribution in [2.75, 3.05) is 26.2 Å². The van der Waals surface area contributed by atoms with Crippen molar-refractivity contribution in [2.45, 2.75) is 23.6 Å². The van der Waals surface area contributed by atoms with Crippen LogP contribution >= 0.6 is 23.4 Å². The standard InChI is InChI=1S/C20H22ClN3O3S/c1-15(28-19-7-5-17(21)6-8-19)20(25)23-11-9-22(10-12-23)14-16-3-2-4-18(13-16)24(26)27/h2-8,13,15H,9-12,14H2,1H3. The molecule has 1 atom stereocenters. The maximum absolute atomic E-state index is 12.7. The quantitative estimate of drug-likeness (QED) is 0.401. The van der Waals surface area contributed by atoms with Crippen LogP contribution in [0.25, 0.3) is 0 Å². The molecule has 28 heavy (non-hydrogen) atoms. The Balaban J connectivity index is 1.50. The summed E-state index contributed by atoms with van der Waals surface area (Å²) in [5, 5.41) is 11.4. The lowest BCUT2D eigenvalue weighted by Crippen LogP contribution is -2.50. The summed E-state index contributed by atoms with van der Waals surface area (Å²) in [6.07, 6.45) is 0. The molecule has 0 aliphatic carbocycles. The second-order valence-electron chi connectivity index (χ2n) is 6.74. The number of halogens is 1. The van der Waals surface area contributed by atoms with Gasteiger partial charge in [0.25, 0.3) is 5.69 Å². The number of benzene rings is 2. The average Bonchev–Trinajstić information content (AvgIpc) is 2.70. The minimum atomic E-state index is -0.375. The van der Waals surface area contributed by atoms with E-state index in [0.717, 1.165) is 23.5 Å². The molecule has 0 bridgehead atoms. The Morgan fingerprint density at radius 3 is 2.50 bits per heavy atom. The van der Waals surface area contributed by atoms with Crippen molar-refractivity contribution in [1.82, 2.24) is 9.80 Å². The van der Waals surface area contributed by atoms with Gasteiger partial charge in [-0.1, -0.05) is 23.7 Å². The van der Waals surface area contributed by atoms with Gasteiger partial charge in [0.2, 0.25) is 5.91 Å². The van der Waals surface area contributed by atoms with Crippen LogP contribution in [0.3, 0.4) is 0 Å². The summed E-state index contributed by atoms with van der Waals surface area (Å²) in [5.74, 6) is 0.134. The summed E-state index contributed by atoms with van der Waals surface area (Å²) in [6.45, 7) is 5.42. The summed E-state index contributed by atoms with van der Waals surface area (Å²) in [6, 6.07) is 14.2. The van der Waals surface area contributed by atoms with E-state index in [1.165, 1.54) is 17.8 Å². The fourth-order valence-corrected chi connectivity index (χ4v) is 4.26. The Kier molecular flexibility index (Phi) is 6.93. The summed E-state index contributed by atoms with van der Waals surface area (Å²) < 4.78 is 0. The highest BCUT2D eigenvalue weighted by Gasteiger charge is 2.25. The number of non-ortho nitro benzene ring substituents is 1. The molecule has 0 aromatic heterocycles. The highest BCUT2D eigenvalue weighted by molar-refractivity contribution is 8.00. The normalized spacial score (nSPS) is 16.0. The van der Waals surface area contributed by atoms with E-state index in [1.54, 1.807) is 12.1 Å². The van der Waals surface area contributed by atoms with E-state index in [2.05, 4.69) is 4.90 Å². The van der Waals surface area contributed by atoms with Crippen LogP contribution in [-0.4, -0.2) is 52.1 Å². The molecule has 1 aliphatic heterocycles. The van der Waals surface area contributed by atoms with Gasteiger partial charge in [-0.2, -0.15) is 0 Å². The number of nitrogens with zero attached hydrogens (tertiary/aromatic N) is 3. The molecule has 1 amide bonds. The molecule has 2 aromatic carbocycles. The Morgan fingerprint density at radius 1 is 1.18 bits per heavy atom. The highest BCUT2D eigenvalue weighted by Crippen LogP contribution is 2.26. The molecule has 1 saturated heterocycles. The average molecular weight is 420 g/mol. The Morgan fingerprint density at radius 2 is 1.86 bits per heavy atom. The van der Waals surface area contributed by atoms with E-state index in [0.29, 0.717) is 24.7 Å². The van der Waals surface area contributed by atoms with Gasteiger partial charge in [-0.3, -0.25) is 19.8 Å². The molecule has 0 N–H and O–H groups in total. The lowest BCUT2D eigenvalue weighted by Gasteiger charge is -2.35. The molecular formula is C20H22ClN3O3S. The zero-order chi connectivity index (χ0) is 20.1. The lowest BCUT2D eigenvalue weighted by molar-refractivity contribution is -0.384. The second kappa shape index (κ2) is 9.41. The number of amides is 1. The third-order valence-corrected chi connectivity index (χ3v) is 6.04. The highest BCUT2D eigenvalue weighted by atomic mass is 35.5. The first kappa shape index (κ1) is 20.6. The van der Waals surface area contributed by atoms with Gasteiger partial charge in [-0.25, -0.2) is 0 Å². The molecule has 0 spiro atoms. The number of carbonyl (C=O) groups is 1. The Hall–Kier alpha value is -2.09. The number of rotatable bonds is 6. The molecule has 1 aliphatic rings. The van der Waals surface area contributed by atoms with Crippen molar-refractivity contribution in [3.8, 4) is 0 Å². The van der Waals surface area contributed by atoms with Gasteiger partial charge in [-0.05, 0) is 36.8 Å². The minimum Gasteiger partial charge on any atom is -0.339 e. The third-order valence-electron chi connectivity index (χ3n) is 4.69. The van der Waals surface area contributed by atoms with Crippen LogP contribution in [0, 0.1) is 10.1 Å². The van der Waals surface area contributed by atoms with E-state index < -0.39 is 0 Å². The van der Waals surface area contributed by atoms with E-state index >= 15 is 0 Å². The van der Waals surface area contributed by atoms with Crippen molar-refractivity contribution >= 4 is 35.0 Å².